The molecule has 0 spiro atoms. The average molecular weight is 342 g/mol. The lowest BCUT2D eigenvalue weighted by Gasteiger charge is -2.27. The van der Waals surface area contributed by atoms with Crippen LogP contribution in [0.3, 0.4) is 0 Å². The second kappa shape index (κ2) is 7.63. The summed E-state index contributed by atoms with van der Waals surface area (Å²) in [4.78, 5) is 0. The van der Waals surface area contributed by atoms with Crippen LogP contribution in [0.1, 0.15) is 0 Å². The average Bonchev–Trinajstić information content (AvgIpc) is 2.98. The SMILES string of the molecule is OCC(O)C1OC(OC2C(O)C(O)OC2C(O)CO)C(O)C1O. The van der Waals surface area contributed by atoms with Crippen LogP contribution in [0, 0.1) is 0 Å². The minimum absolute atomic E-state index is 0.721. The van der Waals surface area contributed by atoms with Crippen molar-refractivity contribution in [2.75, 3.05) is 13.2 Å². The van der Waals surface area contributed by atoms with Crippen molar-refractivity contribution in [3.05, 3.63) is 0 Å². The minimum atomic E-state index is -1.69. The zero-order chi connectivity index (χ0) is 17.3. The van der Waals surface area contributed by atoms with Gasteiger partial charge in [0.2, 0.25) is 0 Å². The van der Waals surface area contributed by atoms with Gasteiger partial charge in [-0.1, -0.05) is 0 Å². The topological polar surface area (TPSA) is 190 Å². The molecule has 136 valence electrons. The predicted molar refractivity (Wildman–Crippen MR) is 68.6 cm³/mol. The summed E-state index contributed by atoms with van der Waals surface area (Å²) in [5.41, 5.74) is 0. The van der Waals surface area contributed by atoms with E-state index in [2.05, 4.69) is 0 Å². The minimum Gasteiger partial charge on any atom is -0.394 e. The van der Waals surface area contributed by atoms with Crippen molar-refractivity contribution in [2.45, 2.75) is 61.4 Å². The van der Waals surface area contributed by atoms with Gasteiger partial charge in [-0.05, 0) is 0 Å². The van der Waals surface area contributed by atoms with Crippen molar-refractivity contribution < 1.29 is 55.1 Å². The van der Waals surface area contributed by atoms with E-state index in [1.54, 1.807) is 0 Å². The van der Waals surface area contributed by atoms with Crippen molar-refractivity contribution in [2.24, 2.45) is 0 Å². The van der Waals surface area contributed by atoms with Gasteiger partial charge in [0, 0.05) is 0 Å². The zero-order valence-corrected chi connectivity index (χ0v) is 12.0. The first-order valence-corrected chi connectivity index (χ1v) is 7.08. The van der Waals surface area contributed by atoms with Gasteiger partial charge in [0.05, 0.1) is 13.2 Å². The van der Waals surface area contributed by atoms with Gasteiger partial charge in [-0.15, -0.1) is 0 Å². The summed E-state index contributed by atoms with van der Waals surface area (Å²) in [5.74, 6) is 0. The van der Waals surface area contributed by atoms with Crippen molar-refractivity contribution in [1.29, 1.82) is 0 Å². The quantitative estimate of drug-likeness (QED) is 0.230. The molecule has 0 aromatic carbocycles. The molecule has 0 aromatic rings. The molecule has 11 nitrogen and oxygen atoms in total. The van der Waals surface area contributed by atoms with E-state index >= 15 is 0 Å². The largest absolute Gasteiger partial charge is 0.394 e. The van der Waals surface area contributed by atoms with Gasteiger partial charge in [0.25, 0.3) is 0 Å². The van der Waals surface area contributed by atoms with Gasteiger partial charge in [-0.2, -0.15) is 0 Å². The molecule has 2 rings (SSSR count). The third-order valence-corrected chi connectivity index (χ3v) is 3.93. The summed E-state index contributed by atoms with van der Waals surface area (Å²) in [6.07, 6.45) is -14.9. The Morgan fingerprint density at radius 2 is 1.35 bits per heavy atom. The molecule has 0 amide bonds. The normalized spacial score (nSPS) is 47.0. The van der Waals surface area contributed by atoms with E-state index in [4.69, 9.17) is 24.4 Å². The fraction of sp³-hybridized carbons (Fsp3) is 1.00. The van der Waals surface area contributed by atoms with Crippen LogP contribution < -0.4 is 0 Å². The molecule has 0 saturated carbocycles. The second-order valence-corrected chi connectivity index (χ2v) is 5.53. The Morgan fingerprint density at radius 1 is 0.783 bits per heavy atom. The molecule has 23 heavy (non-hydrogen) atoms. The van der Waals surface area contributed by atoms with Gasteiger partial charge < -0.3 is 55.1 Å². The van der Waals surface area contributed by atoms with Crippen molar-refractivity contribution in [3.63, 3.8) is 0 Å². The molecule has 2 aliphatic rings. The van der Waals surface area contributed by atoms with Crippen LogP contribution in [-0.2, 0) is 14.2 Å². The molecular weight excluding hydrogens is 320 g/mol. The molecular formula is C12H22O11. The van der Waals surface area contributed by atoms with E-state index in [1.807, 2.05) is 0 Å². The lowest BCUT2D eigenvalue weighted by molar-refractivity contribution is -0.226. The third kappa shape index (κ3) is 3.65. The summed E-state index contributed by atoms with van der Waals surface area (Å²) in [5, 5.41) is 75.9. The first kappa shape index (κ1) is 18.9. The highest BCUT2D eigenvalue weighted by Crippen LogP contribution is 2.31. The predicted octanol–water partition coefficient (Wildman–Crippen LogP) is -5.40. The van der Waals surface area contributed by atoms with Crippen molar-refractivity contribution in [3.8, 4) is 0 Å². The van der Waals surface area contributed by atoms with E-state index in [0.29, 0.717) is 0 Å². The molecule has 10 atom stereocenters. The van der Waals surface area contributed by atoms with Gasteiger partial charge >= 0.3 is 0 Å². The van der Waals surface area contributed by atoms with Gasteiger partial charge in [-0.3, -0.25) is 0 Å². The Bertz CT molecular complexity index is 382. The number of ether oxygens (including phenoxy) is 3. The van der Waals surface area contributed by atoms with Crippen LogP contribution in [0.25, 0.3) is 0 Å². The van der Waals surface area contributed by atoms with Crippen LogP contribution in [0.2, 0.25) is 0 Å². The first-order chi connectivity index (χ1) is 10.8. The fourth-order valence-electron chi connectivity index (χ4n) is 2.61. The number of aliphatic hydroxyl groups excluding tert-OH is 8. The molecule has 8 N–H and O–H groups in total. The molecule has 2 heterocycles. The summed E-state index contributed by atoms with van der Waals surface area (Å²) in [7, 11) is 0. The van der Waals surface area contributed by atoms with Crippen LogP contribution >= 0.6 is 0 Å². The van der Waals surface area contributed by atoms with Gasteiger partial charge in [0.1, 0.15) is 48.8 Å². The third-order valence-electron chi connectivity index (χ3n) is 3.93. The fourth-order valence-corrected chi connectivity index (χ4v) is 2.61. The number of aliphatic hydroxyl groups is 8. The van der Waals surface area contributed by atoms with Gasteiger partial charge in [0.15, 0.2) is 12.6 Å². The smallest absolute Gasteiger partial charge is 0.187 e. The van der Waals surface area contributed by atoms with Crippen molar-refractivity contribution >= 4 is 0 Å². The van der Waals surface area contributed by atoms with Crippen LogP contribution in [0.4, 0.5) is 0 Å². The highest BCUT2D eigenvalue weighted by molar-refractivity contribution is 4.95. The zero-order valence-electron chi connectivity index (χ0n) is 12.0. The first-order valence-electron chi connectivity index (χ1n) is 7.08. The van der Waals surface area contributed by atoms with E-state index in [0.717, 1.165) is 0 Å². The number of hydrogen-bond acceptors (Lipinski definition) is 11. The molecule has 0 bridgehead atoms. The van der Waals surface area contributed by atoms with E-state index in [-0.39, 0.29) is 0 Å². The molecule has 2 aliphatic heterocycles. The Hall–Kier alpha value is -0.440. The summed E-state index contributed by atoms with van der Waals surface area (Å²) < 4.78 is 15.3. The molecule has 10 unspecified atom stereocenters. The number of hydrogen-bond donors (Lipinski definition) is 8. The monoisotopic (exact) mass is 342 g/mol. The molecule has 2 saturated heterocycles. The summed E-state index contributed by atoms with van der Waals surface area (Å²) >= 11 is 0. The van der Waals surface area contributed by atoms with E-state index in [1.165, 1.54) is 0 Å². The molecule has 2 fully saturated rings. The number of rotatable bonds is 6. The van der Waals surface area contributed by atoms with E-state index in [9.17, 15) is 30.6 Å². The maximum absolute atomic E-state index is 9.88. The Kier molecular flexibility index (Phi) is 6.27. The maximum atomic E-state index is 9.88. The Balaban J connectivity index is 2.07. The second-order valence-electron chi connectivity index (χ2n) is 5.53. The van der Waals surface area contributed by atoms with E-state index < -0.39 is 74.6 Å². The lowest BCUT2D eigenvalue weighted by atomic mass is 10.1. The maximum Gasteiger partial charge on any atom is 0.187 e. The molecule has 0 aromatic heterocycles. The Morgan fingerprint density at radius 3 is 1.91 bits per heavy atom. The Labute approximate surface area is 130 Å². The summed E-state index contributed by atoms with van der Waals surface area (Å²) in [6, 6.07) is 0. The molecule has 0 aliphatic carbocycles. The van der Waals surface area contributed by atoms with Crippen molar-refractivity contribution in [1.82, 2.24) is 0 Å². The summed E-state index contributed by atoms with van der Waals surface area (Å²) in [6.45, 7) is -1.45. The standard InChI is InChI=1S/C12H22O11/c13-1-3(15)8-5(17)6(18)12(22-8)23-10-7(19)11(20)21-9(10)4(16)2-14/h3-20H,1-2H2. The highest BCUT2D eigenvalue weighted by atomic mass is 16.7. The van der Waals surface area contributed by atoms with Crippen LogP contribution in [0.15, 0.2) is 0 Å². The van der Waals surface area contributed by atoms with Gasteiger partial charge in [-0.25, -0.2) is 0 Å². The molecule has 11 heteroatoms. The molecule has 0 radical (unpaired) electrons. The lowest BCUT2D eigenvalue weighted by Crippen LogP contribution is -2.46. The van der Waals surface area contributed by atoms with Crippen LogP contribution in [-0.4, -0.2) is 115 Å². The van der Waals surface area contributed by atoms with Crippen LogP contribution in [0.5, 0.6) is 0 Å². The highest BCUT2D eigenvalue weighted by Gasteiger charge is 2.52.